The molecular weight excluding hydrogens is 250 g/mol. The predicted octanol–water partition coefficient (Wildman–Crippen LogP) is 2.16. The van der Waals surface area contributed by atoms with Gasteiger partial charge in [0, 0.05) is 18.2 Å². The molecule has 0 amide bonds. The van der Waals surface area contributed by atoms with E-state index in [0.29, 0.717) is 22.6 Å². The van der Waals surface area contributed by atoms with Gasteiger partial charge in [-0.25, -0.2) is 4.98 Å². The molecule has 0 bridgehead atoms. The van der Waals surface area contributed by atoms with Crippen LogP contribution in [0.2, 0.25) is 0 Å². The summed E-state index contributed by atoms with van der Waals surface area (Å²) in [6, 6.07) is 3.75. The molecule has 18 heavy (non-hydrogen) atoms. The quantitative estimate of drug-likeness (QED) is 0.559. The molecule has 0 fully saturated rings. The van der Waals surface area contributed by atoms with Crippen molar-refractivity contribution in [2.75, 3.05) is 6.26 Å². The Labute approximate surface area is 107 Å². The molecule has 3 aromatic heterocycles. The molecule has 3 aromatic rings. The molecule has 0 aliphatic carbocycles. The molecule has 0 atom stereocenters. The highest BCUT2D eigenvalue weighted by Gasteiger charge is 2.11. The number of nitrogens with one attached hydrogen (secondary N) is 2. The summed E-state index contributed by atoms with van der Waals surface area (Å²) in [4.78, 5) is 21.9. The number of H-pyrrole nitrogens is 2. The van der Waals surface area contributed by atoms with Gasteiger partial charge in [0.25, 0.3) is 5.56 Å². The molecule has 3 rings (SSSR count). The Morgan fingerprint density at radius 1 is 1.50 bits per heavy atom. The minimum atomic E-state index is -0.143. The first-order valence-electron chi connectivity index (χ1n) is 5.44. The van der Waals surface area contributed by atoms with Crippen LogP contribution in [0.1, 0.15) is 11.3 Å². The van der Waals surface area contributed by atoms with E-state index in [1.807, 2.05) is 18.4 Å². The topological polar surface area (TPSA) is 74.7 Å². The van der Waals surface area contributed by atoms with Gasteiger partial charge in [-0.1, -0.05) is 11.8 Å². The van der Waals surface area contributed by atoms with E-state index in [1.54, 1.807) is 12.5 Å². The summed E-state index contributed by atoms with van der Waals surface area (Å²) < 4.78 is 5.31. The number of rotatable bonds is 3. The zero-order chi connectivity index (χ0) is 12.5. The number of aromatic nitrogens is 3. The zero-order valence-corrected chi connectivity index (χ0v) is 10.5. The highest BCUT2D eigenvalue weighted by molar-refractivity contribution is 7.98. The molecule has 0 aliphatic rings. The van der Waals surface area contributed by atoms with E-state index in [2.05, 4.69) is 15.0 Å². The van der Waals surface area contributed by atoms with Gasteiger partial charge in [0.05, 0.1) is 6.26 Å². The first-order valence-corrected chi connectivity index (χ1v) is 6.67. The van der Waals surface area contributed by atoms with Crippen molar-refractivity contribution < 1.29 is 4.42 Å². The van der Waals surface area contributed by atoms with Crippen molar-refractivity contribution in [2.24, 2.45) is 0 Å². The van der Waals surface area contributed by atoms with Crippen LogP contribution in [-0.2, 0) is 6.42 Å². The fourth-order valence-corrected chi connectivity index (χ4v) is 2.26. The zero-order valence-electron chi connectivity index (χ0n) is 9.69. The molecule has 6 heteroatoms. The van der Waals surface area contributed by atoms with Crippen LogP contribution in [0.3, 0.4) is 0 Å². The van der Waals surface area contributed by atoms with Gasteiger partial charge in [-0.2, -0.15) is 0 Å². The van der Waals surface area contributed by atoms with Crippen LogP contribution in [0.4, 0.5) is 0 Å². The average Bonchev–Trinajstić information content (AvgIpc) is 3.00. The van der Waals surface area contributed by atoms with E-state index in [-0.39, 0.29) is 5.56 Å². The third-order valence-corrected chi connectivity index (χ3v) is 3.31. The van der Waals surface area contributed by atoms with Crippen molar-refractivity contribution in [2.45, 2.75) is 11.6 Å². The Kier molecular flexibility index (Phi) is 2.71. The third kappa shape index (κ3) is 1.84. The number of thioether (sulfide) groups is 1. The molecule has 0 radical (unpaired) electrons. The average molecular weight is 261 g/mol. The van der Waals surface area contributed by atoms with E-state index in [9.17, 15) is 4.79 Å². The van der Waals surface area contributed by atoms with E-state index in [4.69, 9.17) is 4.42 Å². The second-order valence-corrected chi connectivity index (χ2v) is 4.66. The summed E-state index contributed by atoms with van der Waals surface area (Å²) in [5, 5.41) is 0.618. The van der Waals surface area contributed by atoms with Gasteiger partial charge in [0.2, 0.25) is 0 Å². The van der Waals surface area contributed by atoms with Crippen molar-refractivity contribution in [1.29, 1.82) is 0 Å². The molecule has 0 saturated heterocycles. The predicted molar refractivity (Wildman–Crippen MR) is 70.0 cm³/mol. The first kappa shape index (κ1) is 11.2. The molecule has 0 saturated carbocycles. The fraction of sp³-hybridized carbons (Fsp3) is 0.167. The maximum atomic E-state index is 11.8. The largest absolute Gasteiger partial charge is 0.469 e. The highest BCUT2D eigenvalue weighted by atomic mass is 32.2. The van der Waals surface area contributed by atoms with E-state index >= 15 is 0 Å². The van der Waals surface area contributed by atoms with Crippen molar-refractivity contribution in [3.05, 3.63) is 46.3 Å². The number of hydrogen-bond acceptors (Lipinski definition) is 4. The number of nitrogens with zero attached hydrogens (tertiary/aromatic N) is 1. The van der Waals surface area contributed by atoms with Crippen LogP contribution in [0, 0.1) is 0 Å². The van der Waals surface area contributed by atoms with Gasteiger partial charge in [0.15, 0.2) is 5.16 Å². The lowest BCUT2D eigenvalue weighted by atomic mass is 10.2. The Morgan fingerprint density at radius 2 is 2.39 bits per heavy atom. The third-order valence-electron chi connectivity index (χ3n) is 2.73. The second-order valence-electron chi connectivity index (χ2n) is 3.87. The number of aromatic amines is 2. The van der Waals surface area contributed by atoms with E-state index < -0.39 is 0 Å². The van der Waals surface area contributed by atoms with Crippen LogP contribution in [0.5, 0.6) is 0 Å². The smallest absolute Gasteiger partial charge is 0.275 e. The van der Waals surface area contributed by atoms with Gasteiger partial charge in [-0.05, 0) is 18.4 Å². The molecular formula is C12H11N3O2S. The molecule has 0 aromatic carbocycles. The van der Waals surface area contributed by atoms with Crippen molar-refractivity contribution in [3.8, 4) is 0 Å². The molecule has 0 spiro atoms. The molecule has 3 heterocycles. The SMILES string of the molecule is CSc1nc2c(Cc3ccco3)c[nH]c2c(=O)[nH]1. The lowest BCUT2D eigenvalue weighted by Gasteiger charge is -1.98. The molecule has 0 aliphatic heterocycles. The van der Waals surface area contributed by atoms with Crippen molar-refractivity contribution >= 4 is 22.8 Å². The summed E-state index contributed by atoms with van der Waals surface area (Å²) >= 11 is 1.41. The Morgan fingerprint density at radius 3 is 3.11 bits per heavy atom. The summed E-state index contributed by atoms with van der Waals surface area (Å²) in [6.07, 6.45) is 5.94. The van der Waals surface area contributed by atoms with Crippen LogP contribution in [0.15, 0.2) is 39.0 Å². The monoisotopic (exact) mass is 261 g/mol. The summed E-state index contributed by atoms with van der Waals surface area (Å²) in [7, 11) is 0. The number of hydrogen-bond donors (Lipinski definition) is 2. The van der Waals surface area contributed by atoms with E-state index in [1.165, 1.54) is 11.8 Å². The first-order chi connectivity index (χ1) is 8.78. The Bertz CT molecular complexity index is 727. The van der Waals surface area contributed by atoms with Gasteiger partial charge < -0.3 is 9.40 Å². The van der Waals surface area contributed by atoms with Gasteiger partial charge >= 0.3 is 0 Å². The van der Waals surface area contributed by atoms with Gasteiger partial charge in [0.1, 0.15) is 16.8 Å². The van der Waals surface area contributed by atoms with Crippen molar-refractivity contribution in [3.63, 3.8) is 0 Å². The normalized spacial score (nSPS) is 11.2. The number of furan rings is 1. The standard InChI is InChI=1S/C12H11N3O2S/c1-18-12-14-9-7(5-8-3-2-4-17-8)6-13-10(9)11(16)15-12/h2-4,6,13H,5H2,1H3,(H,14,15,16). The maximum Gasteiger partial charge on any atom is 0.275 e. The lowest BCUT2D eigenvalue weighted by Crippen LogP contribution is -2.08. The van der Waals surface area contributed by atoms with E-state index in [0.717, 1.165) is 11.3 Å². The summed E-state index contributed by atoms with van der Waals surface area (Å²) in [5.74, 6) is 0.851. The molecule has 5 nitrogen and oxygen atoms in total. The molecule has 92 valence electrons. The second kappa shape index (κ2) is 4.38. The van der Waals surface area contributed by atoms with Crippen LogP contribution < -0.4 is 5.56 Å². The lowest BCUT2D eigenvalue weighted by molar-refractivity contribution is 0.521. The minimum Gasteiger partial charge on any atom is -0.469 e. The summed E-state index contributed by atoms with van der Waals surface area (Å²) in [5.41, 5.74) is 2.03. The molecule has 2 N–H and O–H groups in total. The summed E-state index contributed by atoms with van der Waals surface area (Å²) in [6.45, 7) is 0. The van der Waals surface area contributed by atoms with Gasteiger partial charge in [-0.15, -0.1) is 0 Å². The maximum absolute atomic E-state index is 11.8. The van der Waals surface area contributed by atoms with Crippen LogP contribution in [-0.4, -0.2) is 21.2 Å². The fourth-order valence-electron chi connectivity index (χ4n) is 1.88. The Balaban J connectivity index is 2.13. The van der Waals surface area contributed by atoms with Crippen LogP contribution >= 0.6 is 11.8 Å². The van der Waals surface area contributed by atoms with Crippen LogP contribution in [0.25, 0.3) is 11.0 Å². The Hall–Kier alpha value is -1.95. The highest BCUT2D eigenvalue weighted by Crippen LogP contribution is 2.19. The minimum absolute atomic E-state index is 0.143. The van der Waals surface area contributed by atoms with Crippen molar-refractivity contribution in [1.82, 2.24) is 15.0 Å². The molecule has 0 unspecified atom stereocenters. The number of fused-ring (bicyclic) bond motifs is 1. The van der Waals surface area contributed by atoms with Gasteiger partial charge in [-0.3, -0.25) is 9.78 Å².